The predicted octanol–water partition coefficient (Wildman–Crippen LogP) is 1.51. The number of aromatic nitrogens is 3. The molecular weight excluding hydrogens is 212 g/mol. The molecule has 1 heterocycles. The van der Waals surface area contributed by atoms with Crippen LogP contribution in [0.4, 0.5) is 0 Å². The van der Waals surface area contributed by atoms with Gasteiger partial charge in [-0.05, 0) is 37.5 Å². The van der Waals surface area contributed by atoms with E-state index >= 15 is 0 Å². The lowest BCUT2D eigenvalue weighted by atomic mass is 9.87. The number of hydrogen-bond donors (Lipinski definition) is 1. The van der Waals surface area contributed by atoms with Crippen molar-refractivity contribution in [2.45, 2.75) is 32.4 Å². The van der Waals surface area contributed by atoms with Gasteiger partial charge in [0.05, 0.1) is 6.54 Å². The summed E-state index contributed by atoms with van der Waals surface area (Å²) in [7, 11) is 1.90. The van der Waals surface area contributed by atoms with Crippen LogP contribution in [0.5, 0.6) is 0 Å². The highest BCUT2D eigenvalue weighted by Gasteiger charge is 2.38. The van der Waals surface area contributed by atoms with Crippen LogP contribution in [0.3, 0.4) is 0 Å². The zero-order valence-corrected chi connectivity index (χ0v) is 10.5. The van der Waals surface area contributed by atoms with Crippen LogP contribution in [0.1, 0.15) is 25.6 Å². The Kier molecular flexibility index (Phi) is 2.74. The van der Waals surface area contributed by atoms with Gasteiger partial charge >= 0.3 is 0 Å². The van der Waals surface area contributed by atoms with E-state index in [1.807, 2.05) is 7.05 Å². The fourth-order valence-electron chi connectivity index (χ4n) is 3.27. The highest BCUT2D eigenvalue weighted by atomic mass is 15.3. The lowest BCUT2D eigenvalue weighted by molar-refractivity contribution is 0.324. The first kappa shape index (κ1) is 11.0. The van der Waals surface area contributed by atoms with Crippen molar-refractivity contribution in [3.8, 4) is 0 Å². The van der Waals surface area contributed by atoms with Crippen LogP contribution in [-0.2, 0) is 13.6 Å². The average molecular weight is 232 g/mol. The number of rotatable bonds is 4. The number of nitrogens with zero attached hydrogens (tertiary/aromatic N) is 3. The van der Waals surface area contributed by atoms with Crippen molar-refractivity contribution in [1.29, 1.82) is 0 Å². The second-order valence-corrected chi connectivity index (χ2v) is 5.45. The van der Waals surface area contributed by atoms with E-state index in [4.69, 9.17) is 0 Å². The standard InChI is InChI=1S/C13H20N4/c1-9(12-6-10-3-4-11(12)5-10)14-7-13-15-8-17(2)16-13/h3-4,8-12,14H,5-7H2,1-2H3. The largest absolute Gasteiger partial charge is 0.307 e. The molecular formula is C13H20N4. The van der Waals surface area contributed by atoms with Gasteiger partial charge in [0.15, 0.2) is 5.82 Å². The molecule has 0 radical (unpaired) electrons. The maximum Gasteiger partial charge on any atom is 0.164 e. The summed E-state index contributed by atoms with van der Waals surface area (Å²) in [5.74, 6) is 3.34. The molecule has 0 saturated heterocycles. The van der Waals surface area contributed by atoms with E-state index in [0.29, 0.717) is 6.04 Å². The lowest BCUT2D eigenvalue weighted by Gasteiger charge is -2.25. The Morgan fingerprint density at radius 2 is 2.35 bits per heavy atom. The van der Waals surface area contributed by atoms with Crippen LogP contribution in [0.2, 0.25) is 0 Å². The summed E-state index contributed by atoms with van der Waals surface area (Å²) in [4.78, 5) is 4.24. The molecule has 4 atom stereocenters. The molecule has 4 heteroatoms. The molecule has 17 heavy (non-hydrogen) atoms. The van der Waals surface area contributed by atoms with E-state index < -0.39 is 0 Å². The SMILES string of the molecule is CC(NCc1ncn(C)n1)C1CC2C=CC1C2. The molecule has 0 spiro atoms. The molecule has 4 nitrogen and oxygen atoms in total. The maximum absolute atomic E-state index is 4.29. The fraction of sp³-hybridized carbons (Fsp3) is 0.692. The van der Waals surface area contributed by atoms with Crippen molar-refractivity contribution in [3.05, 3.63) is 24.3 Å². The highest BCUT2D eigenvalue weighted by molar-refractivity contribution is 5.11. The van der Waals surface area contributed by atoms with Gasteiger partial charge < -0.3 is 5.32 Å². The molecule has 2 aliphatic carbocycles. The summed E-state index contributed by atoms with van der Waals surface area (Å²) in [6.07, 6.45) is 9.29. The maximum atomic E-state index is 4.29. The van der Waals surface area contributed by atoms with Gasteiger partial charge in [-0.2, -0.15) is 5.10 Å². The molecule has 1 aromatic heterocycles. The Bertz CT molecular complexity index is 423. The summed E-state index contributed by atoms with van der Waals surface area (Å²) in [5, 5.41) is 7.85. The second-order valence-electron chi connectivity index (χ2n) is 5.45. The Morgan fingerprint density at radius 1 is 1.47 bits per heavy atom. The molecule has 0 amide bonds. The van der Waals surface area contributed by atoms with Gasteiger partial charge in [0.2, 0.25) is 0 Å². The molecule has 1 aromatic rings. The summed E-state index contributed by atoms with van der Waals surface area (Å²) in [5.41, 5.74) is 0. The fourth-order valence-corrected chi connectivity index (χ4v) is 3.27. The molecule has 1 N–H and O–H groups in total. The van der Waals surface area contributed by atoms with Crippen LogP contribution in [0.25, 0.3) is 0 Å². The van der Waals surface area contributed by atoms with E-state index in [1.165, 1.54) is 12.8 Å². The minimum absolute atomic E-state index is 0.554. The number of allylic oxidation sites excluding steroid dienone is 2. The van der Waals surface area contributed by atoms with Gasteiger partial charge in [0.25, 0.3) is 0 Å². The van der Waals surface area contributed by atoms with Crippen molar-refractivity contribution in [1.82, 2.24) is 20.1 Å². The molecule has 1 fully saturated rings. The first-order valence-electron chi connectivity index (χ1n) is 6.48. The zero-order chi connectivity index (χ0) is 11.8. The smallest absolute Gasteiger partial charge is 0.164 e. The zero-order valence-electron chi connectivity index (χ0n) is 10.5. The average Bonchev–Trinajstić information content (AvgIpc) is 3.01. The first-order chi connectivity index (χ1) is 8.22. The number of fused-ring (bicyclic) bond motifs is 2. The van der Waals surface area contributed by atoms with E-state index in [0.717, 1.165) is 30.1 Å². The Balaban J connectivity index is 1.54. The molecule has 92 valence electrons. The number of nitrogens with one attached hydrogen (secondary N) is 1. The van der Waals surface area contributed by atoms with E-state index in [1.54, 1.807) is 11.0 Å². The number of aryl methyl sites for hydroxylation is 1. The molecule has 0 aromatic carbocycles. The van der Waals surface area contributed by atoms with Crippen LogP contribution >= 0.6 is 0 Å². The molecule has 4 unspecified atom stereocenters. The molecule has 2 bridgehead atoms. The third kappa shape index (κ3) is 2.14. The van der Waals surface area contributed by atoms with Crippen LogP contribution in [0.15, 0.2) is 18.5 Å². The van der Waals surface area contributed by atoms with Gasteiger partial charge in [0.1, 0.15) is 6.33 Å². The monoisotopic (exact) mass is 232 g/mol. The topological polar surface area (TPSA) is 42.7 Å². The normalized spacial score (nSPS) is 32.2. The minimum Gasteiger partial charge on any atom is -0.307 e. The van der Waals surface area contributed by atoms with Crippen molar-refractivity contribution >= 4 is 0 Å². The third-order valence-corrected chi connectivity index (χ3v) is 4.20. The van der Waals surface area contributed by atoms with Crippen LogP contribution in [0, 0.1) is 17.8 Å². The van der Waals surface area contributed by atoms with Crippen molar-refractivity contribution in [3.63, 3.8) is 0 Å². The lowest BCUT2D eigenvalue weighted by Crippen LogP contribution is -2.35. The summed E-state index contributed by atoms with van der Waals surface area (Å²) >= 11 is 0. The Hall–Kier alpha value is -1.16. The number of hydrogen-bond acceptors (Lipinski definition) is 3. The van der Waals surface area contributed by atoms with Crippen molar-refractivity contribution in [2.24, 2.45) is 24.8 Å². The molecule has 1 saturated carbocycles. The molecule has 2 aliphatic rings. The minimum atomic E-state index is 0.554. The van der Waals surface area contributed by atoms with Crippen LogP contribution in [-0.4, -0.2) is 20.8 Å². The van der Waals surface area contributed by atoms with Gasteiger partial charge in [-0.1, -0.05) is 12.2 Å². The van der Waals surface area contributed by atoms with E-state index in [9.17, 15) is 0 Å². The highest BCUT2D eigenvalue weighted by Crippen LogP contribution is 2.44. The predicted molar refractivity (Wildman–Crippen MR) is 66.1 cm³/mol. The molecule has 3 rings (SSSR count). The quantitative estimate of drug-likeness (QED) is 0.800. The Labute approximate surface area is 102 Å². The van der Waals surface area contributed by atoms with Crippen molar-refractivity contribution in [2.75, 3.05) is 0 Å². The van der Waals surface area contributed by atoms with Crippen LogP contribution < -0.4 is 5.32 Å². The second kappa shape index (κ2) is 4.26. The van der Waals surface area contributed by atoms with E-state index in [-0.39, 0.29) is 0 Å². The van der Waals surface area contributed by atoms with Gasteiger partial charge in [0, 0.05) is 13.1 Å². The molecule has 0 aliphatic heterocycles. The third-order valence-electron chi connectivity index (χ3n) is 4.20. The van der Waals surface area contributed by atoms with E-state index in [2.05, 4.69) is 34.5 Å². The van der Waals surface area contributed by atoms with Crippen molar-refractivity contribution < 1.29 is 0 Å². The summed E-state index contributed by atoms with van der Waals surface area (Å²) in [6, 6.07) is 0.554. The van der Waals surface area contributed by atoms with Gasteiger partial charge in [-0.15, -0.1) is 0 Å². The first-order valence-corrected chi connectivity index (χ1v) is 6.48. The van der Waals surface area contributed by atoms with Gasteiger partial charge in [-0.25, -0.2) is 4.98 Å². The van der Waals surface area contributed by atoms with Gasteiger partial charge in [-0.3, -0.25) is 4.68 Å². The summed E-state index contributed by atoms with van der Waals surface area (Å²) in [6.45, 7) is 3.07. The Morgan fingerprint density at radius 3 is 2.94 bits per heavy atom. The summed E-state index contributed by atoms with van der Waals surface area (Å²) < 4.78 is 1.75.